The molecule has 31 heavy (non-hydrogen) atoms. The van der Waals surface area contributed by atoms with E-state index in [4.69, 9.17) is 0 Å². The van der Waals surface area contributed by atoms with Crippen molar-refractivity contribution in [3.05, 3.63) is 108 Å². The molecule has 3 rings (SSSR count). The van der Waals surface area contributed by atoms with E-state index in [1.54, 1.807) is 30.3 Å². The third kappa shape index (κ3) is 4.29. The summed E-state index contributed by atoms with van der Waals surface area (Å²) in [7, 11) is 0. The summed E-state index contributed by atoms with van der Waals surface area (Å²) in [5, 5.41) is 21.2. The molecule has 0 aliphatic heterocycles. The van der Waals surface area contributed by atoms with E-state index < -0.39 is 35.0 Å². The van der Waals surface area contributed by atoms with Gasteiger partial charge in [-0.15, -0.1) is 0 Å². The van der Waals surface area contributed by atoms with E-state index in [1.165, 1.54) is 43.6 Å². The molecule has 6 heteroatoms. The van der Waals surface area contributed by atoms with Gasteiger partial charge in [-0.25, -0.2) is 4.39 Å². The third-order valence-corrected chi connectivity index (χ3v) is 5.49. The normalized spacial score (nSPS) is 14.8. The zero-order valence-corrected chi connectivity index (χ0v) is 16.9. The summed E-state index contributed by atoms with van der Waals surface area (Å²) in [6.07, 6.45) is 1.35. The molecule has 3 unspecified atom stereocenters. The highest BCUT2D eigenvalue weighted by Crippen LogP contribution is 2.37. The fourth-order valence-corrected chi connectivity index (χ4v) is 3.51. The number of Topliss-reactive ketones (excluding diaryl/α,β-unsaturated/α-hetero) is 1. The van der Waals surface area contributed by atoms with Crippen LogP contribution < -0.4 is 0 Å². The summed E-state index contributed by atoms with van der Waals surface area (Å²) < 4.78 is 13.5. The summed E-state index contributed by atoms with van der Waals surface area (Å²) >= 11 is 0. The van der Waals surface area contributed by atoms with Gasteiger partial charge in [0.15, 0.2) is 11.2 Å². The molecule has 0 saturated carbocycles. The number of hydrogen-bond donors (Lipinski definition) is 2. The fraction of sp³-hybridized carbons (Fsp3) is 0.160. The Morgan fingerprint density at radius 1 is 1.03 bits per heavy atom. The lowest BCUT2D eigenvalue weighted by Gasteiger charge is -2.32. The average molecular weight is 419 g/mol. The predicted octanol–water partition coefficient (Wildman–Crippen LogP) is 3.99. The van der Waals surface area contributed by atoms with Crippen LogP contribution in [0, 0.1) is 5.82 Å². The van der Waals surface area contributed by atoms with E-state index in [2.05, 4.69) is 11.6 Å². The zero-order valence-electron chi connectivity index (χ0n) is 16.9. The molecule has 0 aliphatic rings. The molecule has 0 bridgehead atoms. The van der Waals surface area contributed by atoms with Gasteiger partial charge in [0.2, 0.25) is 0 Å². The average Bonchev–Trinajstić information content (AvgIpc) is 2.80. The zero-order chi connectivity index (χ0) is 22.6. The maximum atomic E-state index is 13.8. The Morgan fingerprint density at radius 2 is 1.68 bits per heavy atom. The van der Waals surface area contributed by atoms with Crippen molar-refractivity contribution in [1.82, 2.24) is 4.98 Å². The minimum Gasteiger partial charge on any atom is -0.480 e. The molecule has 5 nitrogen and oxygen atoms in total. The van der Waals surface area contributed by atoms with Crippen molar-refractivity contribution in [2.45, 2.75) is 24.4 Å². The number of aliphatic hydroxyl groups is 1. The van der Waals surface area contributed by atoms with E-state index in [9.17, 15) is 24.2 Å². The Hall–Kier alpha value is -3.64. The van der Waals surface area contributed by atoms with Crippen molar-refractivity contribution in [2.24, 2.45) is 0 Å². The molecular formula is C25H22FNO4. The monoisotopic (exact) mass is 419 g/mol. The number of carboxylic acids is 1. The van der Waals surface area contributed by atoms with Gasteiger partial charge in [-0.1, -0.05) is 55.1 Å². The van der Waals surface area contributed by atoms with E-state index in [0.717, 1.165) is 12.1 Å². The van der Waals surface area contributed by atoms with Gasteiger partial charge in [0.05, 0.1) is 12.0 Å². The summed E-state index contributed by atoms with van der Waals surface area (Å²) in [6, 6.07) is 16.9. The lowest BCUT2D eigenvalue weighted by molar-refractivity contribution is -0.149. The van der Waals surface area contributed by atoms with Crippen molar-refractivity contribution in [3.63, 3.8) is 0 Å². The second-order valence-corrected chi connectivity index (χ2v) is 7.40. The number of aromatic nitrogens is 1. The highest BCUT2D eigenvalue weighted by Gasteiger charge is 2.49. The Morgan fingerprint density at radius 3 is 2.23 bits per heavy atom. The number of carbonyl (C=O) groups excluding carboxylic acids is 1. The second-order valence-electron chi connectivity index (χ2n) is 7.40. The topological polar surface area (TPSA) is 87.5 Å². The molecule has 0 spiro atoms. The summed E-state index contributed by atoms with van der Waals surface area (Å²) in [5.41, 5.74) is -0.675. The van der Waals surface area contributed by atoms with Crippen molar-refractivity contribution < 1.29 is 24.2 Å². The van der Waals surface area contributed by atoms with Crippen molar-refractivity contribution in [2.75, 3.05) is 0 Å². The quantitative estimate of drug-likeness (QED) is 0.539. The number of carbonyl (C=O) groups is 2. The van der Waals surface area contributed by atoms with E-state index >= 15 is 0 Å². The molecule has 158 valence electrons. The van der Waals surface area contributed by atoms with Crippen LogP contribution in [0.3, 0.4) is 0 Å². The molecular weight excluding hydrogens is 397 g/mol. The van der Waals surface area contributed by atoms with Gasteiger partial charge in [-0.2, -0.15) is 0 Å². The van der Waals surface area contributed by atoms with Gasteiger partial charge < -0.3 is 10.2 Å². The van der Waals surface area contributed by atoms with Crippen LogP contribution in [0.5, 0.6) is 0 Å². The van der Waals surface area contributed by atoms with Crippen LogP contribution in [0.4, 0.5) is 4.39 Å². The summed E-state index contributed by atoms with van der Waals surface area (Å²) in [5.74, 6) is -3.95. The number of aliphatic hydroxyl groups excluding tert-OH is 1. The number of aliphatic carboxylic acids is 1. The summed E-state index contributed by atoms with van der Waals surface area (Å²) in [6.45, 7) is 5.22. The maximum Gasteiger partial charge on any atom is 0.321 e. The molecule has 0 fully saturated rings. The first-order valence-electron chi connectivity index (χ1n) is 9.62. The minimum atomic E-state index is -1.99. The molecule has 3 aromatic rings. The summed E-state index contributed by atoms with van der Waals surface area (Å²) in [4.78, 5) is 30.0. The molecule has 1 heterocycles. The number of halogens is 1. The molecule has 3 atom stereocenters. The SMILES string of the molecule is C=C(c1ccccc1)C(O)C(C(=O)C(C)(C(=O)O)c1cccnc1)c1ccc(F)cc1. The lowest BCUT2D eigenvalue weighted by atomic mass is 9.70. The predicted molar refractivity (Wildman–Crippen MR) is 115 cm³/mol. The Kier molecular flexibility index (Phi) is 6.42. The van der Waals surface area contributed by atoms with Gasteiger partial charge in [-0.05, 0) is 47.4 Å². The number of carboxylic acid groups (broad SMARTS) is 1. The van der Waals surface area contributed by atoms with Gasteiger partial charge >= 0.3 is 5.97 Å². The smallest absolute Gasteiger partial charge is 0.321 e. The largest absolute Gasteiger partial charge is 0.480 e. The molecule has 0 radical (unpaired) electrons. The molecule has 0 amide bonds. The number of pyridine rings is 1. The first-order valence-corrected chi connectivity index (χ1v) is 9.62. The molecule has 2 aromatic carbocycles. The molecule has 0 saturated heterocycles. The van der Waals surface area contributed by atoms with Crippen LogP contribution in [0.1, 0.15) is 29.5 Å². The van der Waals surface area contributed by atoms with E-state index in [-0.39, 0.29) is 16.7 Å². The van der Waals surface area contributed by atoms with Crippen LogP contribution in [0.25, 0.3) is 5.57 Å². The van der Waals surface area contributed by atoms with Gasteiger partial charge in [-0.3, -0.25) is 14.6 Å². The van der Waals surface area contributed by atoms with Crippen LogP contribution in [-0.4, -0.2) is 33.1 Å². The Bertz CT molecular complexity index is 1080. The highest BCUT2D eigenvalue weighted by atomic mass is 19.1. The minimum absolute atomic E-state index is 0.178. The number of ketones is 1. The van der Waals surface area contributed by atoms with Crippen molar-refractivity contribution in [3.8, 4) is 0 Å². The van der Waals surface area contributed by atoms with E-state index in [1.807, 2.05) is 0 Å². The van der Waals surface area contributed by atoms with Crippen LogP contribution in [-0.2, 0) is 15.0 Å². The van der Waals surface area contributed by atoms with Gasteiger partial charge in [0, 0.05) is 12.4 Å². The standard InChI is InChI=1S/C25H22FNO4/c1-16(17-7-4-3-5-8-17)22(28)21(18-10-12-20(26)13-11-18)23(29)25(2,24(30)31)19-9-6-14-27-15-19/h3-15,21-22,28H,1H2,2H3,(H,30,31). The molecule has 1 aromatic heterocycles. The van der Waals surface area contributed by atoms with Crippen molar-refractivity contribution in [1.29, 1.82) is 0 Å². The number of hydrogen-bond acceptors (Lipinski definition) is 4. The third-order valence-electron chi connectivity index (χ3n) is 5.49. The molecule has 0 aliphatic carbocycles. The van der Waals surface area contributed by atoms with E-state index in [0.29, 0.717) is 5.56 Å². The highest BCUT2D eigenvalue weighted by molar-refractivity contribution is 6.12. The number of benzene rings is 2. The fourth-order valence-electron chi connectivity index (χ4n) is 3.51. The first-order chi connectivity index (χ1) is 14.8. The second kappa shape index (κ2) is 9.02. The van der Waals surface area contributed by atoms with Crippen LogP contribution in [0.15, 0.2) is 85.7 Å². The maximum absolute atomic E-state index is 13.8. The van der Waals surface area contributed by atoms with Crippen LogP contribution in [0.2, 0.25) is 0 Å². The first kappa shape index (κ1) is 22.1. The van der Waals surface area contributed by atoms with Gasteiger partial charge in [0.25, 0.3) is 0 Å². The lowest BCUT2D eigenvalue weighted by Crippen LogP contribution is -2.46. The number of nitrogens with zero attached hydrogens (tertiary/aromatic N) is 1. The molecule has 2 N–H and O–H groups in total. The Balaban J connectivity index is 2.13. The van der Waals surface area contributed by atoms with Crippen molar-refractivity contribution >= 4 is 17.3 Å². The van der Waals surface area contributed by atoms with Gasteiger partial charge in [0.1, 0.15) is 5.82 Å². The number of rotatable bonds is 8. The Labute approximate surface area is 179 Å². The van der Waals surface area contributed by atoms with Crippen LogP contribution >= 0.6 is 0 Å².